The molecule has 0 saturated carbocycles. The van der Waals surface area contributed by atoms with Gasteiger partial charge in [-0.2, -0.15) is 0 Å². The van der Waals surface area contributed by atoms with E-state index in [1.165, 1.54) is 11.4 Å². The Balaban J connectivity index is 1.93. The van der Waals surface area contributed by atoms with Crippen molar-refractivity contribution in [2.45, 2.75) is 40.2 Å². The first kappa shape index (κ1) is 26.6. The zero-order valence-corrected chi connectivity index (χ0v) is 23.0. The summed E-state index contributed by atoms with van der Waals surface area (Å²) in [5.74, 6) is 0. The monoisotopic (exact) mass is 495 g/mol. The molecule has 0 radical (unpaired) electrons. The van der Waals surface area contributed by atoms with E-state index in [1.807, 2.05) is 0 Å². The lowest BCUT2D eigenvalue weighted by molar-refractivity contribution is 0.127. The lowest BCUT2D eigenvalue weighted by Crippen LogP contribution is -2.30. The van der Waals surface area contributed by atoms with E-state index in [-0.39, 0.29) is 0 Å². The van der Waals surface area contributed by atoms with Crippen molar-refractivity contribution in [3.63, 3.8) is 0 Å². The molecule has 0 bridgehead atoms. The van der Waals surface area contributed by atoms with Gasteiger partial charge in [-0.05, 0) is 81.5 Å². The summed E-state index contributed by atoms with van der Waals surface area (Å²) in [4.78, 5) is 4.64. The highest BCUT2D eigenvalue weighted by atomic mass is 16.3. The third-order valence-electron chi connectivity index (χ3n) is 7.51. The van der Waals surface area contributed by atoms with Gasteiger partial charge in [-0.15, -0.1) is 0 Å². The van der Waals surface area contributed by atoms with Crippen molar-refractivity contribution in [3.05, 3.63) is 102 Å². The molecule has 0 atom stereocenters. The molecule has 4 heteroatoms. The second-order valence-corrected chi connectivity index (χ2v) is 9.39. The van der Waals surface area contributed by atoms with Gasteiger partial charge in [0.1, 0.15) is 5.60 Å². The first-order valence-corrected chi connectivity index (χ1v) is 13.7. The number of aliphatic hydroxyl groups is 1. The molecule has 0 fully saturated rings. The fraction of sp³-hybridized carbons (Fsp3) is 0.333. The van der Waals surface area contributed by atoms with Gasteiger partial charge in [0.25, 0.3) is 0 Å². The second-order valence-electron chi connectivity index (χ2n) is 9.39. The summed E-state index contributed by atoms with van der Waals surface area (Å²) in [6.07, 6.45) is 0. The SMILES string of the molecule is CCNc1ccc(C(O)(c2ccc(N(CC)CC)cc2)c2ccc(N(CC)CC)cc2)c2ccccc12. The van der Waals surface area contributed by atoms with Crippen molar-refractivity contribution in [3.8, 4) is 0 Å². The average molecular weight is 496 g/mol. The van der Waals surface area contributed by atoms with Crippen LogP contribution in [0.5, 0.6) is 0 Å². The Labute approximate surface area is 222 Å². The van der Waals surface area contributed by atoms with Crippen LogP contribution in [-0.2, 0) is 5.60 Å². The number of hydrogen-bond acceptors (Lipinski definition) is 4. The molecule has 0 aliphatic carbocycles. The fourth-order valence-electron chi connectivity index (χ4n) is 5.44. The number of nitrogens with zero attached hydrogens (tertiary/aromatic N) is 2. The molecule has 0 spiro atoms. The maximum Gasteiger partial charge on any atom is 0.141 e. The van der Waals surface area contributed by atoms with Crippen LogP contribution in [-0.4, -0.2) is 37.8 Å². The average Bonchev–Trinajstić information content (AvgIpc) is 2.95. The molecule has 0 amide bonds. The standard InChI is InChI=1S/C33H41N3O/c1-6-34-32-24-23-31(29-13-11-12-14-30(29)32)33(37,25-15-19-27(20-16-25)35(7-2)8-3)26-17-21-28(22-18-26)36(9-4)10-5/h11-24,34,37H,6-10H2,1-5H3. The van der Waals surface area contributed by atoms with Crippen LogP contribution in [0, 0.1) is 0 Å². The minimum Gasteiger partial charge on any atom is -0.385 e. The highest BCUT2D eigenvalue weighted by Crippen LogP contribution is 2.42. The first-order chi connectivity index (χ1) is 18.0. The van der Waals surface area contributed by atoms with Gasteiger partial charge in [0.05, 0.1) is 0 Å². The van der Waals surface area contributed by atoms with E-state index in [4.69, 9.17) is 0 Å². The molecule has 4 aromatic carbocycles. The zero-order valence-electron chi connectivity index (χ0n) is 23.0. The third kappa shape index (κ3) is 5.03. The first-order valence-electron chi connectivity index (χ1n) is 13.7. The molecule has 37 heavy (non-hydrogen) atoms. The summed E-state index contributed by atoms with van der Waals surface area (Å²) in [5.41, 5.74) is 4.71. The molecule has 0 heterocycles. The van der Waals surface area contributed by atoms with E-state index >= 15 is 0 Å². The molecule has 4 aromatic rings. The van der Waals surface area contributed by atoms with Crippen LogP contribution in [0.4, 0.5) is 17.1 Å². The van der Waals surface area contributed by atoms with Crippen LogP contribution in [0.15, 0.2) is 84.9 Å². The predicted octanol–water partition coefficient (Wildman–Crippen LogP) is 7.25. The van der Waals surface area contributed by atoms with Gasteiger partial charge in [0.15, 0.2) is 0 Å². The molecule has 0 unspecified atom stereocenters. The Bertz CT molecular complexity index is 1230. The Morgan fingerprint density at radius 3 is 1.49 bits per heavy atom. The Hall–Kier alpha value is -3.50. The molecule has 0 aromatic heterocycles. The van der Waals surface area contributed by atoms with Gasteiger partial charge in [-0.25, -0.2) is 0 Å². The summed E-state index contributed by atoms with van der Waals surface area (Å²) >= 11 is 0. The summed E-state index contributed by atoms with van der Waals surface area (Å²) in [7, 11) is 0. The van der Waals surface area contributed by atoms with Crippen molar-refractivity contribution in [2.24, 2.45) is 0 Å². The van der Waals surface area contributed by atoms with E-state index in [0.717, 1.165) is 65.9 Å². The van der Waals surface area contributed by atoms with Crippen LogP contribution in [0.2, 0.25) is 0 Å². The van der Waals surface area contributed by atoms with Gasteiger partial charge < -0.3 is 20.2 Å². The molecule has 2 N–H and O–H groups in total. The summed E-state index contributed by atoms with van der Waals surface area (Å²) in [6.45, 7) is 15.4. The molecule has 0 aliphatic heterocycles. The molecular formula is C33H41N3O. The van der Waals surface area contributed by atoms with E-state index in [0.29, 0.717) is 0 Å². The van der Waals surface area contributed by atoms with Crippen molar-refractivity contribution < 1.29 is 5.11 Å². The third-order valence-corrected chi connectivity index (χ3v) is 7.51. The van der Waals surface area contributed by atoms with E-state index in [9.17, 15) is 5.11 Å². The lowest BCUT2D eigenvalue weighted by atomic mass is 9.78. The van der Waals surface area contributed by atoms with Crippen LogP contribution in [0.3, 0.4) is 0 Å². The maximum atomic E-state index is 12.8. The molecular weight excluding hydrogens is 454 g/mol. The lowest BCUT2D eigenvalue weighted by Gasteiger charge is -2.33. The van der Waals surface area contributed by atoms with Crippen molar-refractivity contribution in [1.82, 2.24) is 0 Å². The Morgan fingerprint density at radius 1 is 0.595 bits per heavy atom. The normalized spacial score (nSPS) is 11.5. The number of fused-ring (bicyclic) bond motifs is 1. The molecule has 194 valence electrons. The summed E-state index contributed by atoms with van der Waals surface area (Å²) in [5, 5.41) is 18.4. The second kappa shape index (κ2) is 11.7. The predicted molar refractivity (Wildman–Crippen MR) is 160 cm³/mol. The topological polar surface area (TPSA) is 38.7 Å². The largest absolute Gasteiger partial charge is 0.385 e. The van der Waals surface area contributed by atoms with E-state index in [1.54, 1.807) is 0 Å². The quantitative estimate of drug-likeness (QED) is 0.215. The van der Waals surface area contributed by atoms with Crippen molar-refractivity contribution in [2.75, 3.05) is 47.8 Å². The van der Waals surface area contributed by atoms with Crippen molar-refractivity contribution in [1.29, 1.82) is 0 Å². The highest BCUT2D eigenvalue weighted by Gasteiger charge is 2.35. The number of hydrogen-bond donors (Lipinski definition) is 2. The molecule has 0 saturated heterocycles. The Kier molecular flexibility index (Phi) is 8.40. The van der Waals surface area contributed by atoms with E-state index < -0.39 is 5.60 Å². The highest BCUT2D eigenvalue weighted by molar-refractivity contribution is 5.97. The minimum atomic E-state index is -1.31. The summed E-state index contributed by atoms with van der Waals surface area (Å²) in [6, 6.07) is 29.4. The fourth-order valence-corrected chi connectivity index (χ4v) is 5.44. The van der Waals surface area contributed by atoms with Gasteiger partial charge in [0.2, 0.25) is 0 Å². The summed E-state index contributed by atoms with van der Waals surface area (Å²) < 4.78 is 0. The van der Waals surface area contributed by atoms with E-state index in [2.05, 4.69) is 135 Å². The minimum absolute atomic E-state index is 0.841. The van der Waals surface area contributed by atoms with Crippen LogP contribution < -0.4 is 15.1 Å². The van der Waals surface area contributed by atoms with Gasteiger partial charge in [0, 0.05) is 60.7 Å². The van der Waals surface area contributed by atoms with Crippen LogP contribution in [0.25, 0.3) is 10.8 Å². The maximum absolute atomic E-state index is 12.8. The smallest absolute Gasteiger partial charge is 0.141 e. The van der Waals surface area contributed by atoms with Gasteiger partial charge in [-0.1, -0.05) is 54.6 Å². The van der Waals surface area contributed by atoms with Crippen LogP contribution >= 0.6 is 0 Å². The van der Waals surface area contributed by atoms with Crippen molar-refractivity contribution >= 4 is 27.8 Å². The number of anilines is 3. The van der Waals surface area contributed by atoms with Gasteiger partial charge >= 0.3 is 0 Å². The number of benzene rings is 4. The Morgan fingerprint density at radius 2 is 1.05 bits per heavy atom. The van der Waals surface area contributed by atoms with Gasteiger partial charge in [-0.3, -0.25) is 0 Å². The van der Waals surface area contributed by atoms with Crippen LogP contribution in [0.1, 0.15) is 51.3 Å². The number of nitrogens with one attached hydrogen (secondary N) is 1. The zero-order chi connectivity index (χ0) is 26.4. The molecule has 4 nitrogen and oxygen atoms in total. The molecule has 0 aliphatic rings. The number of rotatable bonds is 11. The molecule has 4 rings (SSSR count).